The van der Waals surface area contributed by atoms with Gasteiger partial charge in [0.25, 0.3) is 11.8 Å². The van der Waals surface area contributed by atoms with Crippen LogP contribution >= 0.6 is 11.6 Å². The van der Waals surface area contributed by atoms with Crippen LogP contribution in [0.25, 0.3) is 0 Å². The second-order valence-corrected chi connectivity index (χ2v) is 12.7. The summed E-state index contributed by atoms with van der Waals surface area (Å²) in [5, 5.41) is 15.2. The van der Waals surface area contributed by atoms with E-state index in [0.29, 0.717) is 29.9 Å². The van der Waals surface area contributed by atoms with Gasteiger partial charge in [0.15, 0.2) is 6.61 Å². The van der Waals surface area contributed by atoms with Crippen molar-refractivity contribution in [2.24, 2.45) is 27.7 Å². The topological polar surface area (TPSA) is 102 Å². The highest BCUT2D eigenvalue weighted by Gasteiger charge is 2.54. The van der Waals surface area contributed by atoms with Gasteiger partial charge in [-0.1, -0.05) is 13.0 Å². The van der Waals surface area contributed by atoms with Gasteiger partial charge < -0.3 is 30.3 Å². The molecule has 6 rings (SSSR count). The van der Waals surface area contributed by atoms with Crippen molar-refractivity contribution in [2.45, 2.75) is 68.5 Å². The maximum atomic E-state index is 15.0. The van der Waals surface area contributed by atoms with Crippen molar-refractivity contribution < 1.29 is 32.2 Å². The Hall–Kier alpha value is -2.80. The lowest BCUT2D eigenvalue weighted by Crippen LogP contribution is -2.53. The molecule has 6 aliphatic rings. The first kappa shape index (κ1) is 29.3. The van der Waals surface area contributed by atoms with Gasteiger partial charge in [-0.3, -0.25) is 4.79 Å². The number of likely N-dealkylation sites (tertiary alicyclic amines) is 1. The SMILES string of the molecule is CC1C=C(NC2=NC(N3CCC(F)(F)[C@H](CO)C3)=NC(C)C2Cl)C=C2C3=C(OCC(F)(F)[C@H](C4CC4)N3)C(=O)N(C)C21. The van der Waals surface area contributed by atoms with Crippen LogP contribution in [0, 0.1) is 17.8 Å². The number of amidine groups is 1. The Bertz CT molecular complexity index is 1310. The number of carbonyl (C=O) groups is 1. The van der Waals surface area contributed by atoms with Gasteiger partial charge >= 0.3 is 5.92 Å². The number of aliphatic imine (C=N–C) groups is 2. The summed E-state index contributed by atoms with van der Waals surface area (Å²) in [6.45, 7) is 2.13. The highest BCUT2D eigenvalue weighted by molar-refractivity contribution is 6.33. The maximum absolute atomic E-state index is 15.0. The van der Waals surface area contributed by atoms with Crippen LogP contribution in [0.1, 0.15) is 33.1 Å². The van der Waals surface area contributed by atoms with Crippen LogP contribution < -0.4 is 10.6 Å². The third kappa shape index (κ3) is 5.06. The zero-order valence-corrected chi connectivity index (χ0v) is 24.3. The van der Waals surface area contributed by atoms with E-state index in [2.05, 4.69) is 20.6 Å². The molecule has 0 spiro atoms. The molecule has 1 amide bonds. The van der Waals surface area contributed by atoms with Crippen LogP contribution in [0.3, 0.4) is 0 Å². The number of hydrogen-bond acceptors (Lipinski definition) is 8. The Balaban J connectivity index is 1.30. The summed E-state index contributed by atoms with van der Waals surface area (Å²) >= 11 is 6.69. The van der Waals surface area contributed by atoms with Crippen molar-refractivity contribution in [2.75, 3.05) is 33.4 Å². The van der Waals surface area contributed by atoms with E-state index in [0.717, 1.165) is 0 Å². The molecule has 0 aromatic rings. The normalized spacial score (nSPS) is 35.9. The number of hydrogen-bond donors (Lipinski definition) is 3. The predicted octanol–water partition coefficient (Wildman–Crippen LogP) is 2.84. The minimum atomic E-state index is -3.15. The quantitative estimate of drug-likeness (QED) is 0.334. The van der Waals surface area contributed by atoms with Crippen LogP contribution in [0.4, 0.5) is 17.6 Å². The standard InChI is InChI=1S/C28H35ClF4N6O3/c1-13-8-17(35-24-19(29)14(2)34-26(37-24)39-7-6-27(30,31)16(10-39)11-40)9-18-20-22(25(41)38(3)21(13)18)42-12-28(32,33)23(36-20)15-4-5-15/h8-9,13-16,19,21,23,36,40H,4-7,10-12H2,1-3H3,(H,34,35,37)/t13?,14?,16-,19?,21?,23-/m0/s1. The Morgan fingerprint density at radius 2 is 1.98 bits per heavy atom. The number of likely N-dealkylation sites (N-methyl/N-ethyl adjacent to an activating group) is 1. The second kappa shape index (κ2) is 10.4. The molecule has 2 aliphatic carbocycles. The van der Waals surface area contributed by atoms with Crippen molar-refractivity contribution in [3.8, 4) is 0 Å². The average Bonchev–Trinajstić information content (AvgIpc) is 3.77. The monoisotopic (exact) mass is 614 g/mol. The van der Waals surface area contributed by atoms with E-state index in [1.807, 2.05) is 13.0 Å². The van der Waals surface area contributed by atoms with Gasteiger partial charge in [0.1, 0.15) is 11.2 Å². The van der Waals surface area contributed by atoms with Gasteiger partial charge in [-0.15, -0.1) is 11.6 Å². The fraction of sp³-hybridized carbons (Fsp3) is 0.679. The van der Waals surface area contributed by atoms with Gasteiger partial charge in [0, 0.05) is 43.7 Å². The molecule has 0 aromatic heterocycles. The molecule has 1 saturated heterocycles. The number of carbonyl (C=O) groups excluding carboxylic acids is 1. The smallest absolute Gasteiger partial charge is 0.301 e. The third-order valence-electron chi connectivity index (χ3n) is 9.03. The molecule has 42 heavy (non-hydrogen) atoms. The largest absolute Gasteiger partial charge is 0.480 e. The number of guanidine groups is 1. The Labute approximate surface area is 246 Å². The fourth-order valence-corrected chi connectivity index (χ4v) is 6.62. The van der Waals surface area contributed by atoms with Crippen molar-refractivity contribution in [3.63, 3.8) is 0 Å². The number of rotatable bonds is 3. The number of ether oxygens (including phenoxy) is 1. The van der Waals surface area contributed by atoms with Gasteiger partial charge in [-0.05, 0) is 31.8 Å². The number of amides is 1. The molecule has 0 radical (unpaired) electrons. The molecule has 2 fully saturated rings. The second-order valence-electron chi connectivity index (χ2n) is 12.2. The summed E-state index contributed by atoms with van der Waals surface area (Å²) in [7, 11) is 1.63. The third-order valence-corrected chi connectivity index (χ3v) is 9.60. The predicted molar refractivity (Wildman–Crippen MR) is 148 cm³/mol. The average molecular weight is 615 g/mol. The highest BCUT2D eigenvalue weighted by atomic mass is 35.5. The summed E-state index contributed by atoms with van der Waals surface area (Å²) in [5.74, 6) is -7.72. The molecule has 9 nitrogen and oxygen atoms in total. The van der Waals surface area contributed by atoms with E-state index in [1.54, 1.807) is 24.9 Å². The van der Waals surface area contributed by atoms with Crippen LogP contribution in [0.5, 0.6) is 0 Å². The first-order valence-corrected chi connectivity index (χ1v) is 14.8. The van der Waals surface area contributed by atoms with Gasteiger partial charge in [0.2, 0.25) is 11.7 Å². The fourth-order valence-electron chi connectivity index (χ4n) is 6.46. The van der Waals surface area contributed by atoms with Crippen LogP contribution in [0.15, 0.2) is 44.9 Å². The molecule has 6 atom stereocenters. The Kier molecular flexibility index (Phi) is 7.27. The summed E-state index contributed by atoms with van der Waals surface area (Å²) in [5.41, 5.74) is 1.52. The van der Waals surface area contributed by atoms with Gasteiger partial charge in [0.05, 0.1) is 36.3 Å². The molecule has 4 aliphatic heterocycles. The molecule has 230 valence electrons. The van der Waals surface area contributed by atoms with Crippen molar-refractivity contribution in [3.05, 3.63) is 34.9 Å². The summed E-state index contributed by atoms with van der Waals surface area (Å²) < 4.78 is 64.0. The number of piperidine rings is 1. The summed E-state index contributed by atoms with van der Waals surface area (Å²) in [4.78, 5) is 25.5. The van der Waals surface area contributed by atoms with Crippen molar-refractivity contribution >= 4 is 29.3 Å². The zero-order chi connectivity index (χ0) is 30.1. The van der Waals surface area contributed by atoms with Crippen molar-refractivity contribution in [1.82, 2.24) is 20.4 Å². The molecule has 0 bridgehead atoms. The number of aliphatic hydroxyl groups excluding tert-OH is 1. The van der Waals surface area contributed by atoms with E-state index in [9.17, 15) is 18.7 Å². The number of fused-ring (bicyclic) bond motifs is 2. The van der Waals surface area contributed by atoms with Crippen LogP contribution in [-0.4, -0.2) is 101 Å². The van der Waals surface area contributed by atoms with E-state index in [-0.39, 0.29) is 42.3 Å². The lowest BCUT2D eigenvalue weighted by atomic mass is 9.82. The molecule has 1 saturated carbocycles. The minimum absolute atomic E-state index is 0.0278. The first-order valence-electron chi connectivity index (χ1n) is 14.3. The maximum Gasteiger partial charge on any atom is 0.301 e. The number of nitrogens with zero attached hydrogens (tertiary/aromatic N) is 4. The molecule has 4 unspecified atom stereocenters. The molecular formula is C28H35ClF4N6O3. The Morgan fingerprint density at radius 1 is 1.24 bits per heavy atom. The number of aliphatic hydroxyl groups is 1. The van der Waals surface area contributed by atoms with E-state index >= 15 is 8.78 Å². The molecule has 4 heterocycles. The summed E-state index contributed by atoms with van der Waals surface area (Å²) in [6.07, 6.45) is 4.64. The first-order chi connectivity index (χ1) is 19.8. The summed E-state index contributed by atoms with van der Waals surface area (Å²) in [6, 6.07) is -1.98. The zero-order valence-electron chi connectivity index (χ0n) is 23.6. The minimum Gasteiger partial charge on any atom is -0.480 e. The van der Waals surface area contributed by atoms with Crippen LogP contribution in [-0.2, 0) is 9.53 Å². The number of halogens is 5. The van der Waals surface area contributed by atoms with Crippen molar-refractivity contribution in [1.29, 1.82) is 0 Å². The van der Waals surface area contributed by atoms with Gasteiger partial charge in [-0.25, -0.2) is 22.6 Å². The van der Waals surface area contributed by atoms with E-state index in [1.165, 1.54) is 4.90 Å². The molecule has 3 N–H and O–H groups in total. The number of alkyl halides is 5. The lowest BCUT2D eigenvalue weighted by molar-refractivity contribution is -0.135. The lowest BCUT2D eigenvalue weighted by Gasteiger charge is -2.42. The van der Waals surface area contributed by atoms with E-state index < -0.39 is 66.8 Å². The van der Waals surface area contributed by atoms with Crippen LogP contribution in [0.2, 0.25) is 0 Å². The number of allylic oxidation sites excluding steroid dienone is 1. The molecule has 0 aromatic carbocycles. The van der Waals surface area contributed by atoms with E-state index in [4.69, 9.17) is 16.3 Å². The molecular weight excluding hydrogens is 580 g/mol. The Morgan fingerprint density at radius 3 is 2.67 bits per heavy atom. The molecule has 14 heteroatoms. The van der Waals surface area contributed by atoms with Gasteiger partial charge in [-0.2, -0.15) is 4.99 Å². The highest BCUT2D eigenvalue weighted by Crippen LogP contribution is 2.45. The number of nitrogens with one attached hydrogen (secondary N) is 2.